The molecule has 66 valence electrons. The van der Waals surface area contributed by atoms with Crippen LogP contribution in [0.5, 0.6) is 0 Å². The van der Waals surface area contributed by atoms with Crippen LogP contribution in [0.1, 0.15) is 5.56 Å². The highest BCUT2D eigenvalue weighted by Gasteiger charge is 1.97. The van der Waals surface area contributed by atoms with Crippen LogP contribution in [0, 0.1) is 0 Å². The fraction of sp³-hybridized carbons (Fsp3) is 0.111. The summed E-state index contributed by atoms with van der Waals surface area (Å²) in [6.07, 6.45) is 1.62. The summed E-state index contributed by atoms with van der Waals surface area (Å²) in [5.41, 5.74) is 1.18. The van der Waals surface area contributed by atoms with E-state index in [-0.39, 0.29) is 5.28 Å². The average Bonchev–Trinajstić information content (AvgIpc) is 2.53. The quantitative estimate of drug-likeness (QED) is 0.730. The van der Waals surface area contributed by atoms with E-state index in [1.54, 1.807) is 11.0 Å². The van der Waals surface area contributed by atoms with Gasteiger partial charge in [0.15, 0.2) is 0 Å². The summed E-state index contributed by atoms with van der Waals surface area (Å²) in [6, 6.07) is 10.0. The van der Waals surface area contributed by atoms with Crippen LogP contribution in [0.15, 0.2) is 36.7 Å². The molecule has 0 aliphatic carbocycles. The van der Waals surface area contributed by atoms with Crippen molar-refractivity contribution >= 4 is 11.6 Å². The highest BCUT2D eigenvalue weighted by molar-refractivity contribution is 6.28. The molecule has 1 heterocycles. The van der Waals surface area contributed by atoms with Crippen molar-refractivity contribution in [3.63, 3.8) is 0 Å². The minimum absolute atomic E-state index is 0.288. The number of nitrogens with zero attached hydrogens (tertiary/aromatic N) is 3. The number of hydrogen-bond acceptors (Lipinski definition) is 2. The summed E-state index contributed by atoms with van der Waals surface area (Å²) in [4.78, 5) is 3.83. The lowest BCUT2D eigenvalue weighted by Gasteiger charge is -1.98. The Balaban J connectivity index is 2.15. The number of aromatic nitrogens is 3. The van der Waals surface area contributed by atoms with Gasteiger partial charge in [-0.25, -0.2) is 9.67 Å². The van der Waals surface area contributed by atoms with E-state index in [9.17, 15) is 0 Å². The number of halogens is 1. The lowest BCUT2D eigenvalue weighted by molar-refractivity contribution is 0.685. The zero-order valence-electron chi connectivity index (χ0n) is 6.89. The Hall–Kier alpha value is -1.35. The minimum atomic E-state index is 0.288. The van der Waals surface area contributed by atoms with Gasteiger partial charge in [-0.15, -0.1) is 5.10 Å². The van der Waals surface area contributed by atoms with Gasteiger partial charge in [0, 0.05) is 0 Å². The first-order chi connectivity index (χ1) is 6.34. The molecule has 1 aromatic carbocycles. The van der Waals surface area contributed by atoms with Crippen LogP contribution in [0.4, 0.5) is 0 Å². The number of hydrogen-bond donors (Lipinski definition) is 0. The van der Waals surface area contributed by atoms with Gasteiger partial charge in [0.1, 0.15) is 6.33 Å². The minimum Gasteiger partial charge on any atom is -0.247 e. The van der Waals surface area contributed by atoms with Gasteiger partial charge in [-0.3, -0.25) is 0 Å². The highest BCUT2D eigenvalue weighted by Crippen LogP contribution is 2.02. The van der Waals surface area contributed by atoms with Crippen LogP contribution in [-0.4, -0.2) is 14.8 Å². The molecule has 2 rings (SSSR count). The van der Waals surface area contributed by atoms with Crippen molar-refractivity contribution in [1.29, 1.82) is 0 Å². The third-order valence-electron chi connectivity index (χ3n) is 1.70. The van der Waals surface area contributed by atoms with Crippen molar-refractivity contribution in [2.45, 2.75) is 6.54 Å². The van der Waals surface area contributed by atoms with Crippen molar-refractivity contribution in [2.75, 3.05) is 0 Å². The van der Waals surface area contributed by atoms with Crippen molar-refractivity contribution in [1.82, 2.24) is 14.8 Å². The molecule has 0 atom stereocenters. The highest BCUT2D eigenvalue weighted by atomic mass is 35.5. The molecule has 3 nitrogen and oxygen atoms in total. The molecule has 0 amide bonds. The zero-order valence-corrected chi connectivity index (χ0v) is 7.65. The lowest BCUT2D eigenvalue weighted by atomic mass is 10.2. The SMILES string of the molecule is Clc1ncn(Cc2ccccc2)n1. The normalized spacial score (nSPS) is 10.2. The predicted molar refractivity (Wildman–Crippen MR) is 50.6 cm³/mol. The standard InChI is InChI=1S/C9H8ClN3/c10-9-11-7-13(12-9)6-8-4-2-1-3-5-8/h1-5,7H,6H2. The van der Waals surface area contributed by atoms with Gasteiger partial charge in [0.25, 0.3) is 0 Å². The maximum atomic E-state index is 5.58. The predicted octanol–water partition coefficient (Wildman–Crippen LogP) is 1.98. The van der Waals surface area contributed by atoms with Gasteiger partial charge in [-0.1, -0.05) is 30.3 Å². The van der Waals surface area contributed by atoms with Crippen molar-refractivity contribution < 1.29 is 0 Å². The van der Waals surface area contributed by atoms with Gasteiger partial charge < -0.3 is 0 Å². The summed E-state index contributed by atoms with van der Waals surface area (Å²) in [6.45, 7) is 0.709. The van der Waals surface area contributed by atoms with Crippen LogP contribution in [0.3, 0.4) is 0 Å². The largest absolute Gasteiger partial charge is 0.247 e. The first-order valence-corrected chi connectivity index (χ1v) is 4.31. The van der Waals surface area contributed by atoms with E-state index >= 15 is 0 Å². The third-order valence-corrected chi connectivity index (χ3v) is 1.87. The molecule has 0 unspecified atom stereocenters. The fourth-order valence-corrected chi connectivity index (χ4v) is 1.26. The second kappa shape index (κ2) is 3.58. The van der Waals surface area contributed by atoms with E-state index in [1.165, 1.54) is 5.56 Å². The first-order valence-electron chi connectivity index (χ1n) is 3.93. The van der Waals surface area contributed by atoms with E-state index in [0.717, 1.165) is 0 Å². The molecule has 0 saturated heterocycles. The van der Waals surface area contributed by atoms with E-state index in [0.29, 0.717) is 6.54 Å². The van der Waals surface area contributed by atoms with Gasteiger partial charge >= 0.3 is 0 Å². The van der Waals surface area contributed by atoms with E-state index in [1.807, 2.05) is 30.3 Å². The maximum absolute atomic E-state index is 5.58. The molecule has 1 aromatic heterocycles. The third kappa shape index (κ3) is 2.06. The van der Waals surface area contributed by atoms with Gasteiger partial charge in [0.05, 0.1) is 6.54 Å². The Kier molecular flexibility index (Phi) is 2.27. The average molecular weight is 194 g/mol. The van der Waals surface area contributed by atoms with E-state index in [2.05, 4.69) is 10.1 Å². The molecule has 0 saturated carbocycles. The van der Waals surface area contributed by atoms with Crippen LogP contribution in [0.2, 0.25) is 5.28 Å². The van der Waals surface area contributed by atoms with Crippen molar-refractivity contribution in [3.8, 4) is 0 Å². The Morgan fingerprint density at radius 3 is 2.62 bits per heavy atom. The second-order valence-electron chi connectivity index (χ2n) is 2.70. The first kappa shape index (κ1) is 8.26. The van der Waals surface area contributed by atoms with E-state index in [4.69, 9.17) is 11.6 Å². The van der Waals surface area contributed by atoms with Crippen LogP contribution < -0.4 is 0 Å². The van der Waals surface area contributed by atoms with Gasteiger partial charge in [-0.2, -0.15) is 0 Å². The Labute approximate surface area is 81.0 Å². The summed E-state index contributed by atoms with van der Waals surface area (Å²) in [5.74, 6) is 0. The number of benzene rings is 1. The van der Waals surface area contributed by atoms with Crippen LogP contribution >= 0.6 is 11.6 Å². The van der Waals surface area contributed by atoms with E-state index < -0.39 is 0 Å². The summed E-state index contributed by atoms with van der Waals surface area (Å²) >= 11 is 5.58. The van der Waals surface area contributed by atoms with Crippen molar-refractivity contribution in [3.05, 3.63) is 47.5 Å². The maximum Gasteiger partial charge on any atom is 0.242 e. The Morgan fingerprint density at radius 1 is 1.23 bits per heavy atom. The van der Waals surface area contributed by atoms with Gasteiger partial charge in [0.2, 0.25) is 5.28 Å². The molecule has 0 aliphatic rings. The second-order valence-corrected chi connectivity index (χ2v) is 3.03. The smallest absolute Gasteiger partial charge is 0.242 e. The Bertz CT molecular complexity index is 383. The molecule has 0 bridgehead atoms. The molecule has 2 aromatic rings. The molecule has 0 spiro atoms. The Morgan fingerprint density at radius 2 is 2.00 bits per heavy atom. The molecule has 0 N–H and O–H groups in total. The molecule has 4 heteroatoms. The molecule has 0 fully saturated rings. The fourth-order valence-electron chi connectivity index (χ4n) is 1.12. The number of rotatable bonds is 2. The van der Waals surface area contributed by atoms with Crippen LogP contribution in [-0.2, 0) is 6.54 Å². The summed E-state index contributed by atoms with van der Waals surface area (Å²) < 4.78 is 1.71. The molecule has 13 heavy (non-hydrogen) atoms. The topological polar surface area (TPSA) is 30.7 Å². The monoisotopic (exact) mass is 193 g/mol. The summed E-state index contributed by atoms with van der Waals surface area (Å²) in [7, 11) is 0. The summed E-state index contributed by atoms with van der Waals surface area (Å²) in [5, 5.41) is 4.26. The van der Waals surface area contributed by atoms with Gasteiger partial charge in [-0.05, 0) is 17.2 Å². The molecular formula is C9H8ClN3. The lowest BCUT2D eigenvalue weighted by Crippen LogP contribution is -1.99. The molecule has 0 radical (unpaired) electrons. The van der Waals surface area contributed by atoms with Crippen molar-refractivity contribution in [2.24, 2.45) is 0 Å². The van der Waals surface area contributed by atoms with Crippen LogP contribution in [0.25, 0.3) is 0 Å². The molecular weight excluding hydrogens is 186 g/mol. The zero-order chi connectivity index (χ0) is 9.10. The molecule has 0 aliphatic heterocycles.